The number of thiazole rings is 1. The molecule has 4 aromatic rings. The van der Waals surface area contributed by atoms with Gasteiger partial charge < -0.3 is 15.0 Å². The smallest absolute Gasteiger partial charge is 0.250 e. The second-order valence-electron chi connectivity index (χ2n) is 7.72. The molecule has 31 heavy (non-hydrogen) atoms. The fourth-order valence-corrected chi connectivity index (χ4v) is 5.00. The molecular weight excluding hydrogens is 408 g/mol. The molecule has 0 atom stereocenters. The summed E-state index contributed by atoms with van der Waals surface area (Å²) in [6.07, 6.45) is 7.36. The first-order valence-corrected chi connectivity index (χ1v) is 11.4. The van der Waals surface area contributed by atoms with E-state index < -0.39 is 0 Å². The van der Waals surface area contributed by atoms with Gasteiger partial charge in [0.05, 0.1) is 22.5 Å². The van der Waals surface area contributed by atoms with Gasteiger partial charge in [0.2, 0.25) is 5.91 Å². The molecule has 6 nitrogen and oxygen atoms in total. The van der Waals surface area contributed by atoms with Crippen molar-refractivity contribution in [3.05, 3.63) is 59.9 Å². The van der Waals surface area contributed by atoms with E-state index in [2.05, 4.69) is 26.3 Å². The summed E-state index contributed by atoms with van der Waals surface area (Å²) in [5.41, 5.74) is 2.93. The summed E-state index contributed by atoms with van der Waals surface area (Å²) in [4.78, 5) is 23.8. The Morgan fingerprint density at radius 3 is 2.81 bits per heavy atom. The van der Waals surface area contributed by atoms with Crippen LogP contribution in [0.25, 0.3) is 21.0 Å². The van der Waals surface area contributed by atoms with Crippen LogP contribution in [0.3, 0.4) is 0 Å². The number of amides is 1. The molecule has 0 unspecified atom stereocenters. The van der Waals surface area contributed by atoms with Crippen molar-refractivity contribution in [2.75, 3.05) is 29.9 Å². The normalized spacial score (nSPS) is 14.3. The molecule has 7 heteroatoms. The summed E-state index contributed by atoms with van der Waals surface area (Å²) in [7, 11) is 0. The Hall–Kier alpha value is -3.03. The van der Waals surface area contributed by atoms with Crippen LogP contribution < -0.4 is 10.2 Å². The number of piperidine rings is 1. The number of carbonyl (C=O) groups is 1. The fourth-order valence-electron chi connectivity index (χ4n) is 4.09. The SMILES string of the molecule is O=C(COCc1nc2ccccc2s1)Nc1ccc(N2CCCCC2)c2ccncc12. The van der Waals surface area contributed by atoms with Crippen LogP contribution in [0.4, 0.5) is 11.4 Å². The summed E-state index contributed by atoms with van der Waals surface area (Å²) in [5.74, 6) is -0.183. The molecule has 0 saturated carbocycles. The lowest BCUT2D eigenvalue weighted by molar-refractivity contribution is -0.121. The van der Waals surface area contributed by atoms with Crippen molar-refractivity contribution in [3.63, 3.8) is 0 Å². The van der Waals surface area contributed by atoms with E-state index in [0.717, 1.165) is 44.8 Å². The monoisotopic (exact) mass is 432 g/mol. The van der Waals surface area contributed by atoms with E-state index >= 15 is 0 Å². The van der Waals surface area contributed by atoms with Crippen molar-refractivity contribution in [1.82, 2.24) is 9.97 Å². The molecule has 0 spiro atoms. The Labute approximate surface area is 184 Å². The number of para-hydroxylation sites is 1. The predicted molar refractivity (Wildman–Crippen MR) is 126 cm³/mol. The molecule has 1 N–H and O–H groups in total. The van der Waals surface area contributed by atoms with Crippen LogP contribution in [0.5, 0.6) is 0 Å². The Morgan fingerprint density at radius 1 is 1.06 bits per heavy atom. The summed E-state index contributed by atoms with van der Waals surface area (Å²) in [5, 5.41) is 5.92. The van der Waals surface area contributed by atoms with Crippen LogP contribution in [-0.2, 0) is 16.1 Å². The number of aromatic nitrogens is 2. The van der Waals surface area contributed by atoms with Crippen molar-refractivity contribution in [3.8, 4) is 0 Å². The standard InChI is InChI=1S/C24H24N4O2S/c29-23(15-30-16-24-27-20-6-2-3-7-22(20)31-24)26-19-8-9-21(28-12-4-1-5-13-28)17-10-11-25-14-18(17)19/h2-3,6-11,14H,1,4-5,12-13,15-16H2,(H,26,29). The van der Waals surface area contributed by atoms with Gasteiger partial charge in [0.15, 0.2) is 0 Å². The number of pyridine rings is 1. The summed E-state index contributed by atoms with van der Waals surface area (Å²) < 4.78 is 6.75. The van der Waals surface area contributed by atoms with Crippen molar-refractivity contribution in [1.29, 1.82) is 0 Å². The van der Waals surface area contributed by atoms with Gasteiger partial charge in [-0.3, -0.25) is 9.78 Å². The number of rotatable bonds is 6. The molecule has 1 amide bonds. The number of hydrogen-bond acceptors (Lipinski definition) is 6. The fraction of sp³-hybridized carbons (Fsp3) is 0.292. The first-order chi connectivity index (χ1) is 15.3. The van der Waals surface area contributed by atoms with Gasteiger partial charge in [0.1, 0.15) is 11.6 Å². The quantitative estimate of drug-likeness (QED) is 0.465. The molecule has 2 aromatic heterocycles. The van der Waals surface area contributed by atoms with Crippen LogP contribution in [-0.4, -0.2) is 35.6 Å². The van der Waals surface area contributed by atoms with Gasteiger partial charge in [0.25, 0.3) is 0 Å². The molecule has 1 aliphatic rings. The van der Waals surface area contributed by atoms with Crippen molar-refractivity contribution < 1.29 is 9.53 Å². The van der Waals surface area contributed by atoms with Gasteiger partial charge >= 0.3 is 0 Å². The minimum Gasteiger partial charge on any atom is -0.371 e. The number of hydrogen-bond donors (Lipinski definition) is 1. The average Bonchev–Trinajstić information content (AvgIpc) is 3.23. The molecule has 2 aromatic carbocycles. The van der Waals surface area contributed by atoms with Gasteiger partial charge in [-0.05, 0) is 49.6 Å². The Kier molecular flexibility index (Phi) is 5.78. The molecule has 158 valence electrons. The highest BCUT2D eigenvalue weighted by Gasteiger charge is 2.16. The summed E-state index contributed by atoms with van der Waals surface area (Å²) in [6.45, 7) is 2.44. The van der Waals surface area contributed by atoms with Crippen LogP contribution in [0.2, 0.25) is 0 Å². The Morgan fingerprint density at radius 2 is 1.94 bits per heavy atom. The van der Waals surface area contributed by atoms with Gasteiger partial charge in [-0.15, -0.1) is 11.3 Å². The third kappa shape index (κ3) is 4.38. The topological polar surface area (TPSA) is 67.3 Å². The van der Waals surface area contributed by atoms with Crippen molar-refractivity contribution in [2.45, 2.75) is 25.9 Å². The lowest BCUT2D eigenvalue weighted by atomic mass is 10.1. The molecule has 0 bridgehead atoms. The van der Waals surface area contributed by atoms with E-state index in [1.54, 1.807) is 11.3 Å². The Bertz CT molecular complexity index is 1180. The zero-order valence-corrected chi connectivity index (χ0v) is 18.0. The van der Waals surface area contributed by atoms with Crippen molar-refractivity contribution >= 4 is 49.6 Å². The largest absolute Gasteiger partial charge is 0.371 e. The van der Waals surface area contributed by atoms with Crippen LogP contribution in [0, 0.1) is 0 Å². The second kappa shape index (κ2) is 8.99. The highest BCUT2D eigenvalue weighted by Crippen LogP contribution is 2.33. The van der Waals surface area contributed by atoms with E-state index in [0.29, 0.717) is 6.61 Å². The molecule has 5 rings (SSSR count). The highest BCUT2D eigenvalue weighted by molar-refractivity contribution is 7.18. The van der Waals surface area contributed by atoms with Gasteiger partial charge in [-0.2, -0.15) is 0 Å². The van der Waals surface area contributed by atoms with E-state index in [-0.39, 0.29) is 12.5 Å². The molecule has 0 radical (unpaired) electrons. The maximum absolute atomic E-state index is 12.5. The highest BCUT2D eigenvalue weighted by atomic mass is 32.1. The van der Waals surface area contributed by atoms with Gasteiger partial charge in [-0.1, -0.05) is 12.1 Å². The number of fused-ring (bicyclic) bond motifs is 2. The van der Waals surface area contributed by atoms with Crippen LogP contribution >= 0.6 is 11.3 Å². The third-order valence-electron chi connectivity index (χ3n) is 5.56. The molecular formula is C24H24N4O2S. The van der Waals surface area contributed by atoms with Crippen molar-refractivity contribution in [2.24, 2.45) is 0 Å². The third-order valence-corrected chi connectivity index (χ3v) is 6.57. The zero-order chi connectivity index (χ0) is 21.0. The predicted octanol–water partition coefficient (Wildman–Crippen LogP) is 4.99. The van der Waals surface area contributed by atoms with Crippen LogP contribution in [0.1, 0.15) is 24.3 Å². The number of benzene rings is 2. The number of nitrogens with one attached hydrogen (secondary N) is 1. The van der Waals surface area contributed by atoms with E-state index in [9.17, 15) is 4.79 Å². The number of nitrogens with zero attached hydrogens (tertiary/aromatic N) is 3. The minimum absolute atomic E-state index is 0.0223. The van der Waals surface area contributed by atoms with E-state index in [1.165, 1.54) is 24.9 Å². The summed E-state index contributed by atoms with van der Waals surface area (Å²) in [6, 6.07) is 14.1. The minimum atomic E-state index is -0.183. The maximum atomic E-state index is 12.5. The first-order valence-electron chi connectivity index (χ1n) is 10.6. The summed E-state index contributed by atoms with van der Waals surface area (Å²) >= 11 is 1.59. The molecule has 1 fully saturated rings. The van der Waals surface area contributed by atoms with Crippen LogP contribution in [0.15, 0.2) is 54.9 Å². The lowest BCUT2D eigenvalue weighted by Crippen LogP contribution is -2.29. The second-order valence-corrected chi connectivity index (χ2v) is 8.83. The van der Waals surface area contributed by atoms with E-state index in [1.807, 2.05) is 48.8 Å². The molecule has 1 saturated heterocycles. The van der Waals surface area contributed by atoms with Gasteiger partial charge in [-0.25, -0.2) is 4.98 Å². The van der Waals surface area contributed by atoms with Gasteiger partial charge in [0, 0.05) is 41.9 Å². The number of carbonyl (C=O) groups excluding carboxylic acids is 1. The molecule has 3 heterocycles. The Balaban J connectivity index is 1.26. The maximum Gasteiger partial charge on any atom is 0.250 e. The van der Waals surface area contributed by atoms with E-state index in [4.69, 9.17) is 4.74 Å². The first kappa shape index (κ1) is 19.9. The number of anilines is 2. The molecule has 0 aliphatic carbocycles. The lowest BCUT2D eigenvalue weighted by Gasteiger charge is -2.30. The molecule has 1 aliphatic heterocycles. The average molecular weight is 433 g/mol. The zero-order valence-electron chi connectivity index (χ0n) is 17.2. The number of ether oxygens (including phenoxy) is 1.